The molecule has 1 atom stereocenters. The van der Waals surface area contributed by atoms with Crippen molar-refractivity contribution < 1.29 is 14.6 Å². The van der Waals surface area contributed by atoms with Crippen molar-refractivity contribution in [1.29, 1.82) is 0 Å². The van der Waals surface area contributed by atoms with Crippen LogP contribution in [0.3, 0.4) is 0 Å². The second-order valence-electron chi connectivity index (χ2n) is 5.07. The normalized spacial score (nSPS) is 19.0. The van der Waals surface area contributed by atoms with Gasteiger partial charge in [0.25, 0.3) is 0 Å². The summed E-state index contributed by atoms with van der Waals surface area (Å²) in [5.41, 5.74) is 0.929. The Morgan fingerprint density at radius 3 is 2.95 bits per heavy atom. The van der Waals surface area contributed by atoms with Gasteiger partial charge in [0.05, 0.1) is 13.2 Å². The number of nitrogens with zero attached hydrogens (tertiary/aromatic N) is 1. The molecule has 1 aliphatic rings. The van der Waals surface area contributed by atoms with E-state index < -0.39 is 0 Å². The zero-order chi connectivity index (χ0) is 13.7. The highest BCUT2D eigenvalue weighted by atomic mass is 16.5. The topological polar surface area (TPSA) is 41.9 Å². The summed E-state index contributed by atoms with van der Waals surface area (Å²) in [4.78, 5) is 2.23. The third-order valence-electron chi connectivity index (χ3n) is 3.48. The van der Waals surface area contributed by atoms with Crippen LogP contribution in [0.2, 0.25) is 0 Å². The fourth-order valence-electron chi connectivity index (χ4n) is 2.25. The van der Waals surface area contributed by atoms with Crippen LogP contribution in [0.15, 0.2) is 18.2 Å². The predicted molar refractivity (Wildman–Crippen MR) is 74.6 cm³/mol. The predicted octanol–water partition coefficient (Wildman–Crippen LogP) is 2.40. The molecular weight excluding hydrogens is 242 g/mol. The first kappa shape index (κ1) is 14.2. The SMILES string of the molecule is CCCOc1ccc(CN(C)C2CCOC2)c(O)c1. The summed E-state index contributed by atoms with van der Waals surface area (Å²) in [6, 6.07) is 6.01. The number of phenolic OH excluding ortho intramolecular Hbond substituents is 1. The molecule has 1 N–H and O–H groups in total. The lowest BCUT2D eigenvalue weighted by Gasteiger charge is -2.23. The van der Waals surface area contributed by atoms with Gasteiger partial charge in [-0.1, -0.05) is 13.0 Å². The van der Waals surface area contributed by atoms with Crippen LogP contribution in [-0.4, -0.2) is 42.9 Å². The number of hydrogen-bond acceptors (Lipinski definition) is 4. The molecule has 0 spiro atoms. The van der Waals surface area contributed by atoms with E-state index >= 15 is 0 Å². The van der Waals surface area contributed by atoms with E-state index in [2.05, 4.69) is 18.9 Å². The largest absolute Gasteiger partial charge is 0.507 e. The molecule has 4 nitrogen and oxygen atoms in total. The average Bonchev–Trinajstić information content (AvgIpc) is 2.93. The summed E-state index contributed by atoms with van der Waals surface area (Å²) in [6.07, 6.45) is 2.03. The van der Waals surface area contributed by atoms with Crippen molar-refractivity contribution in [1.82, 2.24) is 4.90 Å². The van der Waals surface area contributed by atoms with Crippen LogP contribution in [-0.2, 0) is 11.3 Å². The first-order valence-corrected chi connectivity index (χ1v) is 6.93. The molecule has 19 heavy (non-hydrogen) atoms. The highest BCUT2D eigenvalue weighted by molar-refractivity contribution is 5.39. The molecule has 1 aromatic rings. The average molecular weight is 265 g/mol. The van der Waals surface area contributed by atoms with Crippen LogP contribution in [0.1, 0.15) is 25.3 Å². The van der Waals surface area contributed by atoms with Crippen molar-refractivity contribution in [2.45, 2.75) is 32.4 Å². The fourth-order valence-corrected chi connectivity index (χ4v) is 2.25. The Hall–Kier alpha value is -1.26. The molecule has 0 bridgehead atoms. The molecule has 1 saturated heterocycles. The summed E-state index contributed by atoms with van der Waals surface area (Å²) < 4.78 is 10.9. The van der Waals surface area contributed by atoms with Gasteiger partial charge in [0.15, 0.2) is 0 Å². The lowest BCUT2D eigenvalue weighted by Crippen LogP contribution is -2.31. The van der Waals surface area contributed by atoms with Crippen LogP contribution >= 0.6 is 0 Å². The molecule has 1 heterocycles. The molecule has 1 aliphatic heterocycles. The Kier molecular flexibility index (Phi) is 5.05. The minimum Gasteiger partial charge on any atom is -0.507 e. The Morgan fingerprint density at radius 2 is 2.32 bits per heavy atom. The summed E-state index contributed by atoms with van der Waals surface area (Å²) in [6.45, 7) is 5.10. The summed E-state index contributed by atoms with van der Waals surface area (Å²) in [5, 5.41) is 10.0. The molecular formula is C15H23NO3. The summed E-state index contributed by atoms with van der Waals surface area (Å²) >= 11 is 0. The van der Waals surface area contributed by atoms with Gasteiger partial charge in [-0.25, -0.2) is 0 Å². The highest BCUT2D eigenvalue weighted by Crippen LogP contribution is 2.26. The van der Waals surface area contributed by atoms with E-state index in [9.17, 15) is 5.11 Å². The number of phenols is 1. The van der Waals surface area contributed by atoms with E-state index in [1.807, 2.05) is 12.1 Å². The first-order valence-electron chi connectivity index (χ1n) is 6.93. The van der Waals surface area contributed by atoms with Crippen molar-refractivity contribution in [3.05, 3.63) is 23.8 Å². The van der Waals surface area contributed by atoms with Crippen molar-refractivity contribution in [2.24, 2.45) is 0 Å². The third-order valence-corrected chi connectivity index (χ3v) is 3.48. The van der Waals surface area contributed by atoms with Gasteiger partial charge in [-0.3, -0.25) is 4.90 Å². The van der Waals surface area contributed by atoms with E-state index in [-0.39, 0.29) is 0 Å². The van der Waals surface area contributed by atoms with Gasteiger partial charge < -0.3 is 14.6 Å². The van der Waals surface area contributed by atoms with Gasteiger partial charge in [-0.2, -0.15) is 0 Å². The van der Waals surface area contributed by atoms with E-state index in [4.69, 9.17) is 9.47 Å². The van der Waals surface area contributed by atoms with Gasteiger partial charge >= 0.3 is 0 Å². The maximum absolute atomic E-state index is 10.0. The molecule has 1 fully saturated rings. The first-order chi connectivity index (χ1) is 9.20. The van der Waals surface area contributed by atoms with E-state index in [1.165, 1.54) is 0 Å². The van der Waals surface area contributed by atoms with Gasteiger partial charge in [0.2, 0.25) is 0 Å². The second kappa shape index (κ2) is 6.78. The quantitative estimate of drug-likeness (QED) is 0.857. The maximum Gasteiger partial charge on any atom is 0.123 e. The molecule has 1 unspecified atom stereocenters. The van der Waals surface area contributed by atoms with Gasteiger partial charge in [0, 0.05) is 30.8 Å². The Labute approximate surface area is 114 Å². The van der Waals surface area contributed by atoms with Gasteiger partial charge in [0.1, 0.15) is 11.5 Å². The molecule has 2 rings (SSSR count). The van der Waals surface area contributed by atoms with E-state index in [0.717, 1.165) is 43.9 Å². The molecule has 0 amide bonds. The standard InChI is InChI=1S/C15H23NO3/c1-3-7-19-14-5-4-12(15(17)9-14)10-16(2)13-6-8-18-11-13/h4-5,9,13,17H,3,6-8,10-11H2,1-2H3. The van der Waals surface area contributed by atoms with Crippen molar-refractivity contribution in [2.75, 3.05) is 26.9 Å². The molecule has 4 heteroatoms. The molecule has 0 saturated carbocycles. The lowest BCUT2D eigenvalue weighted by molar-refractivity contribution is 0.156. The minimum atomic E-state index is 0.305. The summed E-state index contributed by atoms with van der Waals surface area (Å²) in [5.74, 6) is 1.04. The van der Waals surface area contributed by atoms with Crippen LogP contribution < -0.4 is 4.74 Å². The zero-order valence-corrected chi connectivity index (χ0v) is 11.8. The third kappa shape index (κ3) is 3.85. The maximum atomic E-state index is 10.0. The fraction of sp³-hybridized carbons (Fsp3) is 0.600. The monoisotopic (exact) mass is 265 g/mol. The number of aromatic hydroxyl groups is 1. The number of rotatable bonds is 6. The number of likely N-dealkylation sites (N-methyl/N-ethyl adjacent to an activating group) is 1. The molecule has 0 aromatic heterocycles. The van der Waals surface area contributed by atoms with Crippen molar-refractivity contribution in [3.8, 4) is 11.5 Å². The Balaban J connectivity index is 1.96. The van der Waals surface area contributed by atoms with Crippen LogP contribution in [0.5, 0.6) is 11.5 Å². The van der Waals surface area contributed by atoms with Gasteiger partial charge in [-0.15, -0.1) is 0 Å². The van der Waals surface area contributed by atoms with Crippen molar-refractivity contribution >= 4 is 0 Å². The molecule has 1 aromatic carbocycles. The summed E-state index contributed by atoms with van der Waals surface area (Å²) in [7, 11) is 2.07. The van der Waals surface area contributed by atoms with Crippen LogP contribution in [0.25, 0.3) is 0 Å². The lowest BCUT2D eigenvalue weighted by atomic mass is 10.1. The van der Waals surface area contributed by atoms with E-state index in [1.54, 1.807) is 6.07 Å². The number of benzene rings is 1. The molecule has 0 aliphatic carbocycles. The van der Waals surface area contributed by atoms with E-state index in [0.29, 0.717) is 18.4 Å². The second-order valence-corrected chi connectivity index (χ2v) is 5.07. The zero-order valence-electron chi connectivity index (χ0n) is 11.8. The number of ether oxygens (including phenoxy) is 2. The van der Waals surface area contributed by atoms with Crippen LogP contribution in [0.4, 0.5) is 0 Å². The Morgan fingerprint density at radius 1 is 1.47 bits per heavy atom. The number of hydrogen-bond donors (Lipinski definition) is 1. The smallest absolute Gasteiger partial charge is 0.123 e. The van der Waals surface area contributed by atoms with Crippen molar-refractivity contribution in [3.63, 3.8) is 0 Å². The minimum absolute atomic E-state index is 0.305. The highest BCUT2D eigenvalue weighted by Gasteiger charge is 2.20. The molecule has 0 radical (unpaired) electrons. The van der Waals surface area contributed by atoms with Gasteiger partial charge in [-0.05, 0) is 26.0 Å². The molecule has 106 valence electrons. The van der Waals surface area contributed by atoms with Crippen LogP contribution in [0, 0.1) is 0 Å². The Bertz CT molecular complexity index is 402.